The number of piperazine rings is 1. The van der Waals surface area contributed by atoms with Crippen molar-refractivity contribution in [3.63, 3.8) is 0 Å². The maximum atomic E-state index is 12.8. The molecule has 0 spiro atoms. The number of ether oxygens (including phenoxy) is 2. The third kappa shape index (κ3) is 6.78. The van der Waals surface area contributed by atoms with Gasteiger partial charge in [-0.05, 0) is 70.1 Å². The molecule has 2 aromatic rings. The quantitative estimate of drug-likeness (QED) is 0.496. The van der Waals surface area contributed by atoms with E-state index in [4.69, 9.17) is 13.7 Å². The molecule has 1 N–H and O–H groups in total. The number of carbonyl (C=O) groups is 2. The van der Waals surface area contributed by atoms with E-state index in [9.17, 15) is 23.6 Å². The average molecular weight is 570 g/mol. The van der Waals surface area contributed by atoms with Gasteiger partial charge < -0.3 is 19.3 Å². The molecule has 2 amide bonds. The van der Waals surface area contributed by atoms with E-state index in [2.05, 4.69) is 16.4 Å². The van der Waals surface area contributed by atoms with Gasteiger partial charge in [0.1, 0.15) is 36.6 Å². The van der Waals surface area contributed by atoms with Crippen LogP contribution >= 0.6 is 0 Å². The third-order valence-electron chi connectivity index (χ3n) is 7.02. The summed E-state index contributed by atoms with van der Waals surface area (Å²) in [5.74, 6) is -0.289. The Hall–Kier alpha value is -3.53. The lowest BCUT2D eigenvalue weighted by molar-refractivity contribution is -0.125. The number of rotatable bonds is 7. The minimum Gasteiger partial charge on any atom is -0.750 e. The van der Waals surface area contributed by atoms with Crippen LogP contribution in [0.25, 0.3) is 0 Å². The molecule has 12 heteroatoms. The number of hydrogen-bond acceptors (Lipinski definition) is 9. The Morgan fingerprint density at radius 2 is 1.93 bits per heavy atom. The summed E-state index contributed by atoms with van der Waals surface area (Å²) in [5, 5.41) is 12.6. The topological polar surface area (TPSA) is 154 Å². The smallest absolute Gasteiger partial charge is 0.411 e. The fraction of sp³-hybridized carbons (Fsp3) is 0.500. The minimum atomic E-state index is -2.73. The number of nitrogens with one attached hydrogen (secondary N) is 1. The van der Waals surface area contributed by atoms with E-state index < -0.39 is 35.2 Å². The second-order valence-electron chi connectivity index (χ2n) is 11.1. The van der Waals surface area contributed by atoms with Crippen LogP contribution in [0.2, 0.25) is 0 Å². The zero-order valence-electron chi connectivity index (χ0n) is 23.2. The molecule has 0 saturated carbocycles. The standard InChI is InChI=1S/C28H34N4O7S/c1-16-6-8-18(9-7-16)25(39-40(35)36)19-10-21-17(2)26(31-23(12-29)22(21)11-19)37-15-20-13-30-24(33)14-32(20)27(34)38-28(3,4)5/h6-9,19-20,25H,10-11,13-15H2,1-5H3,(H,30,33)(H,35,36)/p-1. The first-order valence-corrected chi connectivity index (χ1v) is 14.0. The highest BCUT2D eigenvalue weighted by molar-refractivity contribution is 7.74. The second kappa shape index (κ2) is 11.9. The molecule has 214 valence electrons. The number of aryl methyl sites for hydroxylation is 1. The maximum absolute atomic E-state index is 12.8. The molecule has 1 saturated heterocycles. The Morgan fingerprint density at radius 1 is 1.25 bits per heavy atom. The van der Waals surface area contributed by atoms with Crippen molar-refractivity contribution in [2.45, 2.75) is 65.2 Å². The van der Waals surface area contributed by atoms with Crippen LogP contribution in [0.1, 0.15) is 60.4 Å². The van der Waals surface area contributed by atoms with Gasteiger partial charge in [-0.3, -0.25) is 13.9 Å². The van der Waals surface area contributed by atoms with E-state index in [-0.39, 0.29) is 43.1 Å². The Labute approximate surface area is 236 Å². The molecule has 11 nitrogen and oxygen atoms in total. The monoisotopic (exact) mass is 569 g/mol. The van der Waals surface area contributed by atoms with Crippen molar-refractivity contribution < 1.29 is 32.0 Å². The SMILES string of the molecule is Cc1ccc(C(OS(=O)[O-])C2Cc3c(C#N)nc(OCC4CNC(=O)CN4C(=O)OC(C)(C)C)c(C)c3C2)cc1. The lowest BCUT2D eigenvalue weighted by atomic mass is 9.92. The summed E-state index contributed by atoms with van der Waals surface area (Å²) >= 11 is -2.73. The van der Waals surface area contributed by atoms with Crippen LogP contribution in [0.3, 0.4) is 0 Å². The lowest BCUT2D eigenvalue weighted by Crippen LogP contribution is -2.59. The van der Waals surface area contributed by atoms with Gasteiger partial charge in [0.15, 0.2) is 0 Å². The molecule has 2 aliphatic rings. The Morgan fingerprint density at radius 3 is 2.55 bits per heavy atom. The normalized spacial score (nSPS) is 20.2. The maximum Gasteiger partial charge on any atom is 0.411 e. The third-order valence-corrected chi connectivity index (χ3v) is 7.39. The molecule has 1 fully saturated rings. The van der Waals surface area contributed by atoms with Crippen molar-refractivity contribution in [2.75, 3.05) is 19.7 Å². The number of hydrogen-bond donors (Lipinski definition) is 1. The molecule has 4 unspecified atom stereocenters. The van der Waals surface area contributed by atoms with Crippen LogP contribution in [0.5, 0.6) is 5.88 Å². The molecule has 40 heavy (non-hydrogen) atoms. The summed E-state index contributed by atoms with van der Waals surface area (Å²) in [4.78, 5) is 30.6. The molecule has 0 radical (unpaired) electrons. The van der Waals surface area contributed by atoms with E-state index >= 15 is 0 Å². The van der Waals surface area contributed by atoms with Crippen molar-refractivity contribution in [2.24, 2.45) is 5.92 Å². The van der Waals surface area contributed by atoms with Crippen molar-refractivity contribution in [1.29, 1.82) is 5.26 Å². The first-order chi connectivity index (χ1) is 18.9. The molecule has 4 rings (SSSR count). The van der Waals surface area contributed by atoms with E-state index in [0.29, 0.717) is 12.8 Å². The molecule has 1 aliphatic heterocycles. The number of carbonyl (C=O) groups excluding carboxylic acids is 2. The van der Waals surface area contributed by atoms with Crippen molar-refractivity contribution >= 4 is 23.4 Å². The van der Waals surface area contributed by atoms with Gasteiger partial charge in [-0.1, -0.05) is 29.8 Å². The zero-order valence-corrected chi connectivity index (χ0v) is 24.0. The Bertz CT molecular complexity index is 1350. The van der Waals surface area contributed by atoms with Crippen LogP contribution in [0, 0.1) is 31.1 Å². The number of benzene rings is 1. The van der Waals surface area contributed by atoms with E-state index in [1.54, 1.807) is 20.8 Å². The fourth-order valence-corrected chi connectivity index (χ4v) is 5.52. The van der Waals surface area contributed by atoms with E-state index in [1.807, 2.05) is 38.1 Å². The number of aromatic nitrogens is 1. The predicted molar refractivity (Wildman–Crippen MR) is 144 cm³/mol. The summed E-state index contributed by atoms with van der Waals surface area (Å²) in [6.07, 6.45) is -0.458. The largest absolute Gasteiger partial charge is 0.750 e. The summed E-state index contributed by atoms with van der Waals surface area (Å²) in [6, 6.07) is 9.13. The highest BCUT2D eigenvalue weighted by atomic mass is 32.2. The first kappa shape index (κ1) is 29.5. The highest BCUT2D eigenvalue weighted by Crippen LogP contribution is 2.42. The van der Waals surface area contributed by atoms with Crippen LogP contribution in [0.4, 0.5) is 4.79 Å². The summed E-state index contributed by atoms with van der Waals surface area (Å²) < 4.78 is 40.0. The highest BCUT2D eigenvalue weighted by Gasteiger charge is 2.37. The number of pyridine rings is 1. The molecule has 1 aromatic carbocycles. The number of nitriles is 1. The van der Waals surface area contributed by atoms with Gasteiger partial charge in [-0.25, -0.2) is 14.0 Å². The van der Waals surface area contributed by atoms with E-state index in [1.165, 1.54) is 4.90 Å². The van der Waals surface area contributed by atoms with E-state index in [0.717, 1.165) is 27.8 Å². The minimum absolute atomic E-state index is 0.0186. The fourth-order valence-electron chi connectivity index (χ4n) is 5.08. The van der Waals surface area contributed by atoms with Crippen molar-refractivity contribution in [3.05, 3.63) is 57.8 Å². The van der Waals surface area contributed by atoms with Crippen LogP contribution in [-0.4, -0.2) is 62.0 Å². The Balaban J connectivity index is 1.56. The molecule has 1 aliphatic carbocycles. The van der Waals surface area contributed by atoms with Crippen LogP contribution in [-0.2, 0) is 37.9 Å². The zero-order chi connectivity index (χ0) is 29.2. The first-order valence-electron chi connectivity index (χ1n) is 13.0. The molecule has 1 aromatic heterocycles. The van der Waals surface area contributed by atoms with Gasteiger partial charge in [0.25, 0.3) is 0 Å². The van der Waals surface area contributed by atoms with Crippen LogP contribution in [0.15, 0.2) is 24.3 Å². The van der Waals surface area contributed by atoms with Gasteiger partial charge in [0.2, 0.25) is 11.8 Å². The van der Waals surface area contributed by atoms with Crippen LogP contribution < -0.4 is 10.1 Å². The average Bonchev–Trinajstić information content (AvgIpc) is 3.33. The second-order valence-corrected chi connectivity index (χ2v) is 11.7. The predicted octanol–water partition coefficient (Wildman–Crippen LogP) is 2.95. The van der Waals surface area contributed by atoms with Gasteiger partial charge in [0, 0.05) is 12.1 Å². The van der Waals surface area contributed by atoms with Gasteiger partial charge in [0.05, 0.1) is 17.4 Å². The molecular formula is C28H33N4O7S-. The number of amides is 2. The van der Waals surface area contributed by atoms with Crippen molar-refractivity contribution in [1.82, 2.24) is 15.2 Å². The van der Waals surface area contributed by atoms with Gasteiger partial charge in [-0.2, -0.15) is 5.26 Å². The summed E-state index contributed by atoms with van der Waals surface area (Å²) in [7, 11) is 0. The van der Waals surface area contributed by atoms with Crippen molar-refractivity contribution in [3.8, 4) is 11.9 Å². The molecule has 4 atom stereocenters. The number of nitrogens with zero attached hydrogens (tertiary/aromatic N) is 3. The molecular weight excluding hydrogens is 536 g/mol. The lowest BCUT2D eigenvalue weighted by Gasteiger charge is -2.36. The summed E-state index contributed by atoms with van der Waals surface area (Å²) in [5.41, 5.74) is 3.58. The molecule has 2 heterocycles. The van der Waals surface area contributed by atoms with Gasteiger partial charge >= 0.3 is 6.09 Å². The van der Waals surface area contributed by atoms with Gasteiger partial charge in [-0.15, -0.1) is 0 Å². The molecule has 0 bridgehead atoms. The summed E-state index contributed by atoms with van der Waals surface area (Å²) in [6.45, 7) is 9.06. The Kier molecular flexibility index (Phi) is 8.77. The number of fused-ring (bicyclic) bond motifs is 1.